The number of nitrogens with zero attached hydrogens (tertiary/aromatic N) is 4. The first kappa shape index (κ1) is 11.3. The van der Waals surface area contributed by atoms with Crippen LogP contribution in [0.3, 0.4) is 0 Å². The van der Waals surface area contributed by atoms with Crippen molar-refractivity contribution in [3.63, 3.8) is 0 Å². The monoisotopic (exact) mass is 230 g/mol. The summed E-state index contributed by atoms with van der Waals surface area (Å²) in [6, 6.07) is 3.56. The van der Waals surface area contributed by atoms with Crippen molar-refractivity contribution in [3.05, 3.63) is 42.0 Å². The summed E-state index contributed by atoms with van der Waals surface area (Å²) in [6.45, 7) is 2.84. The number of carbonyl (C=O) groups excluding carboxylic acids is 1. The average molecular weight is 230 g/mol. The molecule has 0 saturated carbocycles. The first-order valence-corrected chi connectivity index (χ1v) is 5.44. The molecule has 0 aliphatic rings. The summed E-state index contributed by atoms with van der Waals surface area (Å²) in [6.07, 6.45) is 6.71. The van der Waals surface area contributed by atoms with Crippen LogP contribution < -0.4 is 0 Å². The first-order chi connectivity index (χ1) is 8.20. The molecule has 0 unspecified atom stereocenters. The highest BCUT2D eigenvalue weighted by Crippen LogP contribution is 2.03. The van der Waals surface area contributed by atoms with Gasteiger partial charge in [0.05, 0.1) is 5.69 Å². The van der Waals surface area contributed by atoms with Crippen LogP contribution in [0.15, 0.2) is 30.6 Å². The summed E-state index contributed by atoms with van der Waals surface area (Å²) in [4.78, 5) is 11.8. The fraction of sp³-hybridized carbons (Fsp3) is 0.250. The van der Waals surface area contributed by atoms with E-state index in [1.165, 1.54) is 6.08 Å². The molecule has 17 heavy (non-hydrogen) atoms. The molecule has 0 aromatic carbocycles. The van der Waals surface area contributed by atoms with E-state index in [4.69, 9.17) is 0 Å². The van der Waals surface area contributed by atoms with E-state index in [2.05, 4.69) is 10.2 Å². The molecule has 0 spiro atoms. The summed E-state index contributed by atoms with van der Waals surface area (Å²) in [5.41, 5.74) is 1.35. The molecule has 2 heterocycles. The number of rotatable bonds is 4. The predicted molar refractivity (Wildman–Crippen MR) is 64.5 cm³/mol. The second-order valence-corrected chi connectivity index (χ2v) is 3.63. The van der Waals surface area contributed by atoms with Crippen LogP contribution in [0.5, 0.6) is 0 Å². The Morgan fingerprint density at radius 2 is 2.29 bits per heavy atom. The van der Waals surface area contributed by atoms with Crippen molar-refractivity contribution in [1.82, 2.24) is 19.6 Å². The lowest BCUT2D eigenvalue weighted by Crippen LogP contribution is -2.03. The average Bonchev–Trinajstić information content (AvgIpc) is 2.94. The second kappa shape index (κ2) is 4.78. The Morgan fingerprint density at radius 3 is 2.88 bits per heavy atom. The van der Waals surface area contributed by atoms with Gasteiger partial charge in [-0.05, 0) is 31.2 Å². The SMILES string of the molecule is CCn1ccc(/C=C/C(=O)c2ccnn2C)n1. The van der Waals surface area contributed by atoms with Crippen LogP contribution in [-0.2, 0) is 13.6 Å². The minimum atomic E-state index is -0.0731. The van der Waals surface area contributed by atoms with Gasteiger partial charge in [0, 0.05) is 26.0 Å². The van der Waals surface area contributed by atoms with E-state index in [9.17, 15) is 4.79 Å². The van der Waals surface area contributed by atoms with Crippen molar-refractivity contribution in [2.45, 2.75) is 13.5 Å². The summed E-state index contributed by atoms with van der Waals surface area (Å²) < 4.78 is 3.37. The fourth-order valence-corrected chi connectivity index (χ4v) is 1.50. The molecule has 88 valence electrons. The van der Waals surface area contributed by atoms with Crippen LogP contribution in [0.25, 0.3) is 6.08 Å². The number of hydrogen-bond donors (Lipinski definition) is 0. The third-order valence-electron chi connectivity index (χ3n) is 2.46. The Kier molecular flexibility index (Phi) is 3.18. The number of ketones is 1. The highest BCUT2D eigenvalue weighted by atomic mass is 16.1. The molecule has 0 atom stereocenters. The Hall–Kier alpha value is -2.17. The van der Waals surface area contributed by atoms with Gasteiger partial charge < -0.3 is 0 Å². The molecule has 0 amide bonds. The molecule has 0 bridgehead atoms. The molecular weight excluding hydrogens is 216 g/mol. The normalized spacial score (nSPS) is 11.2. The molecule has 0 radical (unpaired) electrons. The zero-order chi connectivity index (χ0) is 12.3. The number of aromatic nitrogens is 4. The minimum absolute atomic E-state index is 0.0731. The van der Waals surface area contributed by atoms with E-state index in [0.29, 0.717) is 5.69 Å². The van der Waals surface area contributed by atoms with E-state index in [1.54, 1.807) is 30.1 Å². The van der Waals surface area contributed by atoms with Crippen molar-refractivity contribution >= 4 is 11.9 Å². The van der Waals surface area contributed by atoms with Gasteiger partial charge in [0.15, 0.2) is 0 Å². The molecule has 0 saturated heterocycles. The lowest BCUT2D eigenvalue weighted by Gasteiger charge is -1.95. The maximum atomic E-state index is 11.8. The summed E-state index contributed by atoms with van der Waals surface area (Å²) in [5, 5.41) is 8.21. The van der Waals surface area contributed by atoms with E-state index < -0.39 is 0 Å². The first-order valence-electron chi connectivity index (χ1n) is 5.44. The van der Waals surface area contributed by atoms with Crippen molar-refractivity contribution in [1.29, 1.82) is 0 Å². The standard InChI is InChI=1S/C12H14N4O/c1-3-16-9-7-10(14-16)4-5-12(17)11-6-8-13-15(11)2/h4-9H,3H2,1-2H3/b5-4+. The lowest BCUT2D eigenvalue weighted by molar-refractivity contribution is 0.103. The smallest absolute Gasteiger partial charge is 0.203 e. The number of carbonyl (C=O) groups is 1. The van der Waals surface area contributed by atoms with Gasteiger partial charge in [0.2, 0.25) is 5.78 Å². The Labute approximate surface area is 99.4 Å². The van der Waals surface area contributed by atoms with Crippen molar-refractivity contribution in [2.75, 3.05) is 0 Å². The van der Waals surface area contributed by atoms with Crippen molar-refractivity contribution in [3.8, 4) is 0 Å². The van der Waals surface area contributed by atoms with E-state index in [1.807, 2.05) is 23.9 Å². The van der Waals surface area contributed by atoms with Crippen molar-refractivity contribution in [2.24, 2.45) is 7.05 Å². The number of allylic oxidation sites excluding steroid dienone is 1. The van der Waals surface area contributed by atoms with Crippen LogP contribution in [0.4, 0.5) is 0 Å². The Morgan fingerprint density at radius 1 is 1.47 bits per heavy atom. The lowest BCUT2D eigenvalue weighted by atomic mass is 10.2. The Balaban J connectivity index is 2.11. The van der Waals surface area contributed by atoms with Gasteiger partial charge in [0.25, 0.3) is 0 Å². The largest absolute Gasteiger partial charge is 0.288 e. The molecule has 0 aliphatic carbocycles. The van der Waals surface area contributed by atoms with Gasteiger partial charge >= 0.3 is 0 Å². The molecule has 0 fully saturated rings. The molecule has 2 aromatic rings. The van der Waals surface area contributed by atoms with Gasteiger partial charge in [0.1, 0.15) is 5.69 Å². The van der Waals surface area contributed by atoms with E-state index in [-0.39, 0.29) is 5.78 Å². The number of aryl methyl sites for hydroxylation is 2. The van der Waals surface area contributed by atoms with Crippen LogP contribution in [-0.4, -0.2) is 25.3 Å². The molecule has 2 aromatic heterocycles. The third-order valence-corrected chi connectivity index (χ3v) is 2.46. The number of hydrogen-bond acceptors (Lipinski definition) is 3. The van der Waals surface area contributed by atoms with Crippen molar-refractivity contribution < 1.29 is 4.79 Å². The molecule has 0 N–H and O–H groups in total. The fourth-order valence-electron chi connectivity index (χ4n) is 1.50. The molecule has 5 nitrogen and oxygen atoms in total. The zero-order valence-electron chi connectivity index (χ0n) is 9.87. The highest BCUT2D eigenvalue weighted by molar-refractivity contribution is 6.05. The molecule has 0 aliphatic heterocycles. The summed E-state index contributed by atoms with van der Waals surface area (Å²) >= 11 is 0. The van der Waals surface area contributed by atoms with Gasteiger partial charge in [-0.3, -0.25) is 14.2 Å². The topological polar surface area (TPSA) is 52.7 Å². The van der Waals surface area contributed by atoms with Gasteiger partial charge in [-0.25, -0.2) is 0 Å². The molecule has 2 rings (SSSR count). The molecular formula is C12H14N4O. The Bertz CT molecular complexity index is 550. The second-order valence-electron chi connectivity index (χ2n) is 3.63. The third kappa shape index (κ3) is 2.50. The maximum Gasteiger partial charge on any atom is 0.203 e. The minimum Gasteiger partial charge on any atom is -0.288 e. The quantitative estimate of drug-likeness (QED) is 0.591. The van der Waals surface area contributed by atoms with Crippen LogP contribution in [0.1, 0.15) is 23.1 Å². The van der Waals surface area contributed by atoms with Gasteiger partial charge in [-0.15, -0.1) is 0 Å². The van der Waals surface area contributed by atoms with Crippen LogP contribution in [0.2, 0.25) is 0 Å². The zero-order valence-corrected chi connectivity index (χ0v) is 9.87. The molecule has 5 heteroatoms. The predicted octanol–water partition coefficient (Wildman–Crippen LogP) is 1.53. The van der Waals surface area contributed by atoms with Crippen LogP contribution >= 0.6 is 0 Å². The summed E-state index contributed by atoms with van der Waals surface area (Å²) in [7, 11) is 1.74. The maximum absolute atomic E-state index is 11.8. The van der Waals surface area contributed by atoms with Crippen LogP contribution in [0, 0.1) is 0 Å². The van der Waals surface area contributed by atoms with E-state index >= 15 is 0 Å². The van der Waals surface area contributed by atoms with Gasteiger partial charge in [-0.2, -0.15) is 10.2 Å². The highest BCUT2D eigenvalue weighted by Gasteiger charge is 2.05. The van der Waals surface area contributed by atoms with Gasteiger partial charge in [-0.1, -0.05) is 0 Å². The van der Waals surface area contributed by atoms with E-state index in [0.717, 1.165) is 12.2 Å². The summed E-state index contributed by atoms with van der Waals surface area (Å²) in [5.74, 6) is -0.0731.